The Morgan fingerprint density at radius 2 is 1.90 bits per heavy atom. The highest BCUT2D eigenvalue weighted by atomic mass is 16.5. The van der Waals surface area contributed by atoms with E-state index in [0.29, 0.717) is 13.0 Å². The third kappa shape index (κ3) is 5.83. The maximum absolute atomic E-state index is 11.5. The number of amides is 1. The maximum Gasteiger partial charge on any atom is 0.221 e. The molecule has 3 N–H and O–H groups in total. The molecule has 1 heterocycles. The first-order chi connectivity index (χ1) is 10.1. The Kier molecular flexibility index (Phi) is 6.17. The fourth-order valence-electron chi connectivity index (χ4n) is 2.35. The topological polar surface area (TPSA) is 67.6 Å². The molecule has 0 spiro atoms. The number of morpholine rings is 1. The SMILES string of the molecule is CC(N)CC(=O)NCc1ccc(CN2CCOCC2)cc1. The van der Waals surface area contributed by atoms with Gasteiger partial charge in [-0.15, -0.1) is 0 Å². The number of hydrogen-bond donors (Lipinski definition) is 2. The van der Waals surface area contributed by atoms with Crippen molar-refractivity contribution in [1.82, 2.24) is 10.2 Å². The molecule has 116 valence electrons. The third-order valence-corrected chi connectivity index (χ3v) is 3.53. The standard InChI is InChI=1S/C16H25N3O2/c1-13(17)10-16(20)18-11-14-2-4-15(5-3-14)12-19-6-8-21-9-7-19/h2-5,13H,6-12,17H2,1H3,(H,18,20). The monoisotopic (exact) mass is 291 g/mol. The normalized spacial score (nSPS) is 17.4. The summed E-state index contributed by atoms with van der Waals surface area (Å²) in [5.41, 5.74) is 8.00. The van der Waals surface area contributed by atoms with Crippen molar-refractivity contribution in [2.45, 2.75) is 32.5 Å². The van der Waals surface area contributed by atoms with Gasteiger partial charge in [-0.1, -0.05) is 24.3 Å². The minimum atomic E-state index is -0.0964. The Morgan fingerprint density at radius 3 is 2.52 bits per heavy atom. The van der Waals surface area contributed by atoms with Crippen LogP contribution in [0.5, 0.6) is 0 Å². The number of benzene rings is 1. The van der Waals surface area contributed by atoms with Gasteiger partial charge in [-0.25, -0.2) is 0 Å². The summed E-state index contributed by atoms with van der Waals surface area (Å²) in [5.74, 6) is 0.00222. The van der Waals surface area contributed by atoms with Crippen molar-refractivity contribution in [2.24, 2.45) is 5.73 Å². The largest absolute Gasteiger partial charge is 0.379 e. The molecule has 1 aromatic carbocycles. The van der Waals surface area contributed by atoms with Crippen LogP contribution in [0.1, 0.15) is 24.5 Å². The van der Waals surface area contributed by atoms with Crippen molar-refractivity contribution >= 4 is 5.91 Å². The first-order valence-corrected chi connectivity index (χ1v) is 7.53. The molecule has 21 heavy (non-hydrogen) atoms. The lowest BCUT2D eigenvalue weighted by Crippen LogP contribution is -2.35. The van der Waals surface area contributed by atoms with E-state index in [1.54, 1.807) is 0 Å². The predicted octanol–water partition coefficient (Wildman–Crippen LogP) is 0.872. The quantitative estimate of drug-likeness (QED) is 0.816. The Balaban J connectivity index is 1.77. The van der Waals surface area contributed by atoms with Crippen LogP contribution in [0.4, 0.5) is 0 Å². The van der Waals surface area contributed by atoms with Crippen LogP contribution in [0, 0.1) is 0 Å². The Morgan fingerprint density at radius 1 is 1.29 bits per heavy atom. The average Bonchev–Trinajstić information content (AvgIpc) is 2.47. The van der Waals surface area contributed by atoms with Gasteiger partial charge in [0.05, 0.1) is 13.2 Å². The minimum absolute atomic E-state index is 0.00222. The zero-order chi connectivity index (χ0) is 15.1. The van der Waals surface area contributed by atoms with E-state index in [2.05, 4.69) is 34.5 Å². The van der Waals surface area contributed by atoms with E-state index in [4.69, 9.17) is 10.5 Å². The zero-order valence-electron chi connectivity index (χ0n) is 12.7. The summed E-state index contributed by atoms with van der Waals surface area (Å²) < 4.78 is 5.35. The molecule has 5 nitrogen and oxygen atoms in total. The first-order valence-electron chi connectivity index (χ1n) is 7.53. The van der Waals surface area contributed by atoms with Crippen molar-refractivity contribution in [1.29, 1.82) is 0 Å². The number of carbonyl (C=O) groups excluding carboxylic acids is 1. The predicted molar refractivity (Wildman–Crippen MR) is 82.7 cm³/mol. The molecular weight excluding hydrogens is 266 g/mol. The summed E-state index contributed by atoms with van der Waals surface area (Å²) >= 11 is 0. The van der Waals surface area contributed by atoms with Gasteiger partial charge in [-0.05, 0) is 18.1 Å². The Hall–Kier alpha value is -1.43. The van der Waals surface area contributed by atoms with Gasteiger partial charge in [0.15, 0.2) is 0 Å². The molecule has 2 rings (SSSR count). The third-order valence-electron chi connectivity index (χ3n) is 3.53. The highest BCUT2D eigenvalue weighted by Crippen LogP contribution is 2.09. The molecular formula is C16H25N3O2. The number of rotatable bonds is 6. The van der Waals surface area contributed by atoms with Crippen LogP contribution in [0.2, 0.25) is 0 Å². The van der Waals surface area contributed by atoms with Crippen molar-refractivity contribution in [3.8, 4) is 0 Å². The van der Waals surface area contributed by atoms with E-state index in [9.17, 15) is 4.79 Å². The summed E-state index contributed by atoms with van der Waals surface area (Å²) in [4.78, 5) is 13.9. The van der Waals surface area contributed by atoms with Gasteiger partial charge in [0.2, 0.25) is 5.91 Å². The second kappa shape index (κ2) is 8.12. The van der Waals surface area contributed by atoms with Crippen LogP contribution in [0.25, 0.3) is 0 Å². The van der Waals surface area contributed by atoms with Crippen molar-refractivity contribution in [3.63, 3.8) is 0 Å². The number of hydrogen-bond acceptors (Lipinski definition) is 4. The van der Waals surface area contributed by atoms with Crippen LogP contribution < -0.4 is 11.1 Å². The van der Waals surface area contributed by atoms with Crippen LogP contribution in [-0.2, 0) is 22.6 Å². The molecule has 1 saturated heterocycles. The van der Waals surface area contributed by atoms with E-state index >= 15 is 0 Å². The fourth-order valence-corrected chi connectivity index (χ4v) is 2.35. The molecule has 5 heteroatoms. The lowest BCUT2D eigenvalue weighted by atomic mass is 10.1. The molecule has 1 fully saturated rings. The van der Waals surface area contributed by atoms with Crippen molar-refractivity contribution < 1.29 is 9.53 Å². The van der Waals surface area contributed by atoms with Crippen LogP contribution in [0.3, 0.4) is 0 Å². The number of nitrogens with zero attached hydrogens (tertiary/aromatic N) is 1. The number of ether oxygens (including phenoxy) is 1. The summed E-state index contributed by atoms with van der Waals surface area (Å²) in [7, 11) is 0. The zero-order valence-corrected chi connectivity index (χ0v) is 12.7. The number of nitrogens with one attached hydrogen (secondary N) is 1. The van der Waals surface area contributed by atoms with Gasteiger partial charge < -0.3 is 15.8 Å². The van der Waals surface area contributed by atoms with E-state index in [-0.39, 0.29) is 11.9 Å². The van der Waals surface area contributed by atoms with E-state index in [1.165, 1.54) is 5.56 Å². The molecule has 1 amide bonds. The molecule has 0 radical (unpaired) electrons. The van der Waals surface area contributed by atoms with Gasteiger partial charge in [0.1, 0.15) is 0 Å². The van der Waals surface area contributed by atoms with Crippen LogP contribution >= 0.6 is 0 Å². The molecule has 1 atom stereocenters. The highest BCUT2D eigenvalue weighted by molar-refractivity contribution is 5.76. The second-order valence-corrected chi connectivity index (χ2v) is 5.66. The lowest BCUT2D eigenvalue weighted by Gasteiger charge is -2.26. The molecule has 0 saturated carbocycles. The summed E-state index contributed by atoms with van der Waals surface area (Å²) in [5, 5.41) is 2.89. The Labute approximate surface area is 126 Å². The molecule has 1 aliphatic heterocycles. The molecule has 0 bridgehead atoms. The molecule has 1 aromatic rings. The second-order valence-electron chi connectivity index (χ2n) is 5.66. The van der Waals surface area contributed by atoms with Gasteiger partial charge in [0, 0.05) is 38.6 Å². The van der Waals surface area contributed by atoms with Crippen molar-refractivity contribution in [3.05, 3.63) is 35.4 Å². The smallest absolute Gasteiger partial charge is 0.221 e. The number of nitrogens with two attached hydrogens (primary N) is 1. The maximum atomic E-state index is 11.5. The van der Waals surface area contributed by atoms with Gasteiger partial charge in [0.25, 0.3) is 0 Å². The summed E-state index contributed by atoms with van der Waals surface area (Å²) in [6.07, 6.45) is 0.370. The molecule has 1 unspecified atom stereocenters. The minimum Gasteiger partial charge on any atom is -0.379 e. The first kappa shape index (κ1) is 15.9. The van der Waals surface area contributed by atoms with Gasteiger partial charge >= 0.3 is 0 Å². The van der Waals surface area contributed by atoms with E-state index < -0.39 is 0 Å². The summed E-state index contributed by atoms with van der Waals surface area (Å²) in [6, 6.07) is 8.30. The van der Waals surface area contributed by atoms with Crippen LogP contribution in [0.15, 0.2) is 24.3 Å². The average molecular weight is 291 g/mol. The summed E-state index contributed by atoms with van der Waals surface area (Å²) in [6.45, 7) is 6.99. The van der Waals surface area contributed by atoms with Crippen LogP contribution in [-0.4, -0.2) is 43.2 Å². The molecule has 0 aromatic heterocycles. The van der Waals surface area contributed by atoms with E-state index in [0.717, 1.165) is 38.4 Å². The fraction of sp³-hybridized carbons (Fsp3) is 0.562. The number of carbonyl (C=O) groups is 1. The molecule has 1 aliphatic rings. The lowest BCUT2D eigenvalue weighted by molar-refractivity contribution is -0.121. The van der Waals surface area contributed by atoms with Crippen molar-refractivity contribution in [2.75, 3.05) is 26.3 Å². The molecule has 0 aliphatic carbocycles. The highest BCUT2D eigenvalue weighted by Gasteiger charge is 2.10. The Bertz CT molecular complexity index is 439. The van der Waals surface area contributed by atoms with Gasteiger partial charge in [-0.3, -0.25) is 9.69 Å². The van der Waals surface area contributed by atoms with E-state index in [1.807, 2.05) is 6.92 Å². The van der Waals surface area contributed by atoms with Gasteiger partial charge in [-0.2, -0.15) is 0 Å².